The number of ether oxygens (including phenoxy) is 1. The molecule has 8 nitrogen and oxygen atoms in total. The summed E-state index contributed by atoms with van der Waals surface area (Å²) < 4.78 is 7.45. The second kappa shape index (κ2) is 13.0. The topological polar surface area (TPSA) is 70.8 Å². The summed E-state index contributed by atoms with van der Waals surface area (Å²) in [4.78, 5) is 9.81. The third kappa shape index (κ3) is 7.55. The molecular formula is C19H36IN7OS. The van der Waals surface area contributed by atoms with E-state index in [1.54, 1.807) is 0 Å². The number of nitrogens with zero attached hydrogens (tertiary/aromatic N) is 6. The highest BCUT2D eigenvalue weighted by atomic mass is 127. The highest BCUT2D eigenvalue weighted by Crippen LogP contribution is 2.21. The van der Waals surface area contributed by atoms with Crippen molar-refractivity contribution in [1.29, 1.82) is 0 Å². The van der Waals surface area contributed by atoms with Gasteiger partial charge in [-0.1, -0.05) is 6.92 Å². The van der Waals surface area contributed by atoms with Gasteiger partial charge in [0.2, 0.25) is 0 Å². The lowest BCUT2D eigenvalue weighted by Crippen LogP contribution is -2.48. The van der Waals surface area contributed by atoms with Gasteiger partial charge in [-0.25, -0.2) is 4.99 Å². The van der Waals surface area contributed by atoms with Crippen molar-refractivity contribution in [1.82, 2.24) is 29.9 Å². The molecule has 2 fully saturated rings. The first-order chi connectivity index (χ1) is 13.7. The summed E-state index contributed by atoms with van der Waals surface area (Å²) in [7, 11) is 2.00. The zero-order valence-electron chi connectivity index (χ0n) is 18.0. The van der Waals surface area contributed by atoms with Crippen LogP contribution in [0.15, 0.2) is 4.99 Å². The lowest BCUT2D eigenvalue weighted by atomic mass is 10.3. The molecule has 0 aliphatic carbocycles. The summed E-state index contributed by atoms with van der Waals surface area (Å²) in [6.07, 6.45) is 2.32. The minimum atomic E-state index is 0. The smallest absolute Gasteiger partial charge is 0.194 e. The van der Waals surface area contributed by atoms with E-state index in [0.29, 0.717) is 11.8 Å². The van der Waals surface area contributed by atoms with Crippen molar-refractivity contribution in [3.63, 3.8) is 0 Å². The van der Waals surface area contributed by atoms with Crippen molar-refractivity contribution < 1.29 is 4.74 Å². The van der Waals surface area contributed by atoms with Gasteiger partial charge in [-0.05, 0) is 26.3 Å². The van der Waals surface area contributed by atoms with Crippen LogP contribution in [0.2, 0.25) is 0 Å². The van der Waals surface area contributed by atoms with Gasteiger partial charge in [-0.2, -0.15) is 11.8 Å². The molecule has 0 bridgehead atoms. The maximum absolute atomic E-state index is 5.43. The van der Waals surface area contributed by atoms with E-state index in [4.69, 9.17) is 9.73 Å². The van der Waals surface area contributed by atoms with Crippen LogP contribution < -0.4 is 5.32 Å². The summed E-state index contributed by atoms with van der Waals surface area (Å²) >= 11 is 2.08. The lowest BCUT2D eigenvalue weighted by molar-refractivity contribution is 0.0375. The number of aryl methyl sites for hydroxylation is 1. The molecule has 166 valence electrons. The molecule has 3 heterocycles. The van der Waals surface area contributed by atoms with E-state index >= 15 is 0 Å². The van der Waals surface area contributed by atoms with E-state index in [2.05, 4.69) is 44.0 Å². The Bertz CT molecular complexity index is 636. The summed E-state index contributed by atoms with van der Waals surface area (Å²) in [6.45, 7) is 12.8. The number of nitrogens with one attached hydrogen (secondary N) is 1. The quantitative estimate of drug-likeness (QED) is 0.246. The standard InChI is InChI=1S/C19H35N7OS.HI/c1-4-17-15-26(10-13-28-17)19(21-14-18-23-22-16(2)24(18)3)20-6-5-7-25-8-11-27-12-9-25;/h17H,4-15H2,1-3H3,(H,20,21);1H. The Morgan fingerprint density at radius 3 is 2.76 bits per heavy atom. The normalized spacial score (nSPS) is 21.1. The Morgan fingerprint density at radius 1 is 1.28 bits per heavy atom. The zero-order valence-corrected chi connectivity index (χ0v) is 21.1. The zero-order chi connectivity index (χ0) is 19.8. The highest BCUT2D eigenvalue weighted by Gasteiger charge is 2.22. The minimum absolute atomic E-state index is 0. The van der Waals surface area contributed by atoms with Gasteiger partial charge in [0, 0.05) is 50.8 Å². The Morgan fingerprint density at radius 2 is 2.07 bits per heavy atom. The molecule has 2 aliphatic rings. The van der Waals surface area contributed by atoms with Gasteiger partial charge in [-0.3, -0.25) is 4.90 Å². The van der Waals surface area contributed by atoms with Crippen LogP contribution in [0.4, 0.5) is 0 Å². The highest BCUT2D eigenvalue weighted by molar-refractivity contribution is 14.0. The number of morpholine rings is 1. The Balaban J connectivity index is 0.00000300. The van der Waals surface area contributed by atoms with Crippen LogP contribution in [0.5, 0.6) is 0 Å². The van der Waals surface area contributed by atoms with E-state index in [1.807, 2.05) is 18.5 Å². The van der Waals surface area contributed by atoms with Crippen LogP contribution in [0.1, 0.15) is 31.4 Å². The molecule has 0 saturated carbocycles. The second-order valence-electron chi connectivity index (χ2n) is 7.44. The van der Waals surface area contributed by atoms with Gasteiger partial charge in [0.05, 0.1) is 13.2 Å². The fourth-order valence-corrected chi connectivity index (χ4v) is 4.67. The monoisotopic (exact) mass is 537 g/mol. The summed E-state index contributed by atoms with van der Waals surface area (Å²) in [6, 6.07) is 0. The first-order valence-electron chi connectivity index (χ1n) is 10.5. The van der Waals surface area contributed by atoms with E-state index < -0.39 is 0 Å². The second-order valence-corrected chi connectivity index (χ2v) is 8.85. The predicted molar refractivity (Wildman–Crippen MR) is 130 cm³/mol. The van der Waals surface area contributed by atoms with Gasteiger partial charge in [0.15, 0.2) is 11.8 Å². The number of hydrogen-bond donors (Lipinski definition) is 1. The third-order valence-electron chi connectivity index (χ3n) is 5.48. The molecule has 1 aromatic heterocycles. The molecule has 3 rings (SSSR count). The molecule has 1 atom stereocenters. The van der Waals surface area contributed by atoms with Crippen molar-refractivity contribution in [2.75, 3.05) is 58.2 Å². The SMILES string of the molecule is CCC1CN(C(=NCc2nnc(C)n2C)NCCCN2CCOCC2)CCS1.I. The molecule has 2 aliphatic heterocycles. The maximum Gasteiger partial charge on any atom is 0.194 e. The number of halogens is 1. The summed E-state index contributed by atoms with van der Waals surface area (Å²) in [5, 5.41) is 12.7. The number of guanidine groups is 1. The Labute approximate surface area is 196 Å². The van der Waals surface area contributed by atoms with Crippen molar-refractivity contribution in [3.8, 4) is 0 Å². The van der Waals surface area contributed by atoms with Gasteiger partial charge in [-0.15, -0.1) is 34.2 Å². The third-order valence-corrected chi connectivity index (χ3v) is 6.86. The van der Waals surface area contributed by atoms with Crippen molar-refractivity contribution >= 4 is 41.7 Å². The number of hydrogen-bond acceptors (Lipinski definition) is 6. The van der Waals surface area contributed by atoms with Crippen LogP contribution in [0.3, 0.4) is 0 Å². The van der Waals surface area contributed by atoms with Crippen LogP contribution in [-0.4, -0.2) is 94.0 Å². The number of aromatic nitrogens is 3. The largest absolute Gasteiger partial charge is 0.379 e. The first kappa shape index (κ1) is 24.7. The summed E-state index contributed by atoms with van der Waals surface area (Å²) in [5.74, 6) is 4.01. The molecule has 10 heteroatoms. The average Bonchev–Trinajstić information content (AvgIpc) is 3.06. The fourth-order valence-electron chi connectivity index (χ4n) is 3.49. The van der Waals surface area contributed by atoms with Crippen molar-refractivity contribution in [2.45, 2.75) is 38.5 Å². The molecule has 29 heavy (non-hydrogen) atoms. The maximum atomic E-state index is 5.43. The van der Waals surface area contributed by atoms with Gasteiger partial charge >= 0.3 is 0 Å². The number of rotatable bonds is 7. The van der Waals surface area contributed by atoms with Crippen LogP contribution in [-0.2, 0) is 18.3 Å². The van der Waals surface area contributed by atoms with Crippen LogP contribution >= 0.6 is 35.7 Å². The van der Waals surface area contributed by atoms with Gasteiger partial charge < -0.3 is 19.5 Å². The molecule has 0 spiro atoms. The van der Waals surface area contributed by atoms with E-state index in [0.717, 1.165) is 82.3 Å². The van der Waals surface area contributed by atoms with Gasteiger partial charge in [0.1, 0.15) is 12.4 Å². The first-order valence-corrected chi connectivity index (χ1v) is 11.5. The van der Waals surface area contributed by atoms with E-state index in [9.17, 15) is 0 Å². The Kier molecular flexibility index (Phi) is 11.0. The van der Waals surface area contributed by atoms with Crippen LogP contribution in [0.25, 0.3) is 0 Å². The molecule has 0 aromatic carbocycles. The number of thioether (sulfide) groups is 1. The van der Waals surface area contributed by atoms with Crippen molar-refractivity contribution in [2.24, 2.45) is 12.0 Å². The van der Waals surface area contributed by atoms with E-state index in [1.165, 1.54) is 6.42 Å². The molecule has 1 N–H and O–H groups in total. The molecule has 2 saturated heterocycles. The molecule has 1 unspecified atom stereocenters. The molecule has 0 amide bonds. The molecule has 0 radical (unpaired) electrons. The molecule has 1 aromatic rings. The van der Waals surface area contributed by atoms with Gasteiger partial charge in [0.25, 0.3) is 0 Å². The Hall–Kier alpha value is -0.590. The number of aliphatic imine (C=N–C) groups is 1. The lowest BCUT2D eigenvalue weighted by Gasteiger charge is -2.34. The van der Waals surface area contributed by atoms with Crippen molar-refractivity contribution in [3.05, 3.63) is 11.6 Å². The minimum Gasteiger partial charge on any atom is -0.379 e. The molecular weight excluding hydrogens is 501 g/mol. The van der Waals surface area contributed by atoms with E-state index in [-0.39, 0.29) is 24.0 Å². The predicted octanol–water partition coefficient (Wildman–Crippen LogP) is 1.74. The fraction of sp³-hybridized carbons (Fsp3) is 0.842. The summed E-state index contributed by atoms with van der Waals surface area (Å²) in [5.41, 5.74) is 0. The van der Waals surface area contributed by atoms with Crippen LogP contribution in [0, 0.1) is 6.92 Å². The average molecular weight is 538 g/mol.